The topological polar surface area (TPSA) is 122 Å². The molecule has 178 valence electrons. The third-order valence-electron chi connectivity index (χ3n) is 5.28. The molecule has 1 saturated heterocycles. The van der Waals surface area contributed by atoms with Gasteiger partial charge in [0.15, 0.2) is 0 Å². The zero-order chi connectivity index (χ0) is 24.2. The zero-order valence-corrected chi connectivity index (χ0v) is 20.1. The average Bonchev–Trinajstić information content (AvgIpc) is 3.19. The van der Waals surface area contributed by atoms with Crippen LogP contribution in [0.2, 0.25) is 5.02 Å². The van der Waals surface area contributed by atoms with Gasteiger partial charge in [0.2, 0.25) is 5.91 Å². The fraction of sp³-hybridized carbons (Fsp3) is 0.609. The van der Waals surface area contributed by atoms with Crippen molar-refractivity contribution in [3.63, 3.8) is 0 Å². The number of likely N-dealkylation sites (tertiary alicyclic amines) is 1. The van der Waals surface area contributed by atoms with Crippen molar-refractivity contribution in [2.24, 2.45) is 11.7 Å². The van der Waals surface area contributed by atoms with E-state index in [-0.39, 0.29) is 18.4 Å². The molecule has 3 atom stereocenters. The number of hydrogen-bond donors (Lipinski definition) is 3. The van der Waals surface area contributed by atoms with Gasteiger partial charge in [-0.3, -0.25) is 9.59 Å². The van der Waals surface area contributed by atoms with Crippen molar-refractivity contribution in [2.45, 2.75) is 77.8 Å². The highest BCUT2D eigenvalue weighted by Gasteiger charge is 2.37. The molecule has 1 heterocycles. The molecule has 1 aliphatic heterocycles. The Morgan fingerprint density at radius 2 is 1.97 bits per heavy atom. The number of esters is 1. The molecule has 4 N–H and O–H groups in total. The molecule has 0 radical (unpaired) electrons. The number of nitrogens with one attached hydrogen (secondary N) is 1. The van der Waals surface area contributed by atoms with Crippen LogP contribution in [0.3, 0.4) is 0 Å². The molecule has 0 bridgehead atoms. The van der Waals surface area contributed by atoms with Gasteiger partial charge in [-0.25, -0.2) is 4.79 Å². The first kappa shape index (κ1) is 26.1. The van der Waals surface area contributed by atoms with Gasteiger partial charge in [0, 0.05) is 18.1 Å². The summed E-state index contributed by atoms with van der Waals surface area (Å²) in [6, 6.07) is 3.21. The van der Waals surface area contributed by atoms with Crippen molar-refractivity contribution < 1.29 is 24.2 Å². The molecule has 1 aliphatic rings. The lowest BCUT2D eigenvalue weighted by Gasteiger charge is -2.27. The number of carbonyl (C=O) groups is 3. The number of hydrogen-bond acceptors (Lipinski definition) is 6. The van der Waals surface area contributed by atoms with Crippen LogP contribution in [0.4, 0.5) is 0 Å². The summed E-state index contributed by atoms with van der Waals surface area (Å²) in [7, 11) is 0. The summed E-state index contributed by atoms with van der Waals surface area (Å²) in [5.74, 6) is -1.59. The summed E-state index contributed by atoms with van der Waals surface area (Å²) in [6.07, 6.45) is 0.0535. The van der Waals surface area contributed by atoms with Crippen molar-refractivity contribution >= 4 is 29.4 Å². The van der Waals surface area contributed by atoms with E-state index in [4.69, 9.17) is 22.1 Å². The van der Waals surface area contributed by atoms with Gasteiger partial charge < -0.3 is 25.8 Å². The number of aliphatic hydroxyl groups excluding tert-OH is 1. The van der Waals surface area contributed by atoms with Crippen molar-refractivity contribution in [1.82, 2.24) is 10.2 Å². The Balaban J connectivity index is 2.13. The predicted molar refractivity (Wildman–Crippen MR) is 122 cm³/mol. The maximum atomic E-state index is 12.9. The van der Waals surface area contributed by atoms with Crippen LogP contribution in [0, 0.1) is 5.92 Å². The highest BCUT2D eigenvalue weighted by Crippen LogP contribution is 2.24. The number of aliphatic hydroxyl groups is 1. The minimum Gasteiger partial charge on any atom is -0.459 e. The van der Waals surface area contributed by atoms with E-state index < -0.39 is 35.7 Å². The van der Waals surface area contributed by atoms with Gasteiger partial charge in [-0.2, -0.15) is 0 Å². The van der Waals surface area contributed by atoms with Gasteiger partial charge in [0.05, 0.1) is 0 Å². The second-order valence-corrected chi connectivity index (χ2v) is 9.89. The van der Waals surface area contributed by atoms with Crippen molar-refractivity contribution in [1.29, 1.82) is 0 Å². The second kappa shape index (κ2) is 10.6. The van der Waals surface area contributed by atoms with Crippen LogP contribution < -0.4 is 11.1 Å². The molecule has 9 heteroatoms. The zero-order valence-electron chi connectivity index (χ0n) is 19.4. The number of rotatable bonds is 7. The highest BCUT2D eigenvalue weighted by molar-refractivity contribution is 6.30. The Kier molecular flexibility index (Phi) is 8.67. The lowest BCUT2D eigenvalue weighted by atomic mass is 10.00. The van der Waals surface area contributed by atoms with E-state index in [9.17, 15) is 19.5 Å². The molecule has 0 aromatic heterocycles. The molecular weight excluding hydrogens is 434 g/mol. The quantitative estimate of drug-likeness (QED) is 0.529. The lowest BCUT2D eigenvalue weighted by Crippen LogP contribution is -2.50. The normalized spacial score (nSPS) is 18.4. The Labute approximate surface area is 194 Å². The van der Waals surface area contributed by atoms with Crippen LogP contribution in [0.25, 0.3) is 0 Å². The maximum absolute atomic E-state index is 12.9. The third kappa shape index (κ3) is 6.67. The molecule has 1 aromatic carbocycles. The van der Waals surface area contributed by atoms with Gasteiger partial charge in [0.1, 0.15) is 23.8 Å². The van der Waals surface area contributed by atoms with Crippen molar-refractivity contribution in [2.75, 3.05) is 6.54 Å². The summed E-state index contributed by atoms with van der Waals surface area (Å²) < 4.78 is 5.38. The Morgan fingerprint density at radius 3 is 2.56 bits per heavy atom. The summed E-state index contributed by atoms with van der Waals surface area (Å²) in [4.78, 5) is 39.3. The molecule has 0 aliphatic carbocycles. The van der Waals surface area contributed by atoms with Gasteiger partial charge in [0.25, 0.3) is 5.91 Å². The van der Waals surface area contributed by atoms with E-state index >= 15 is 0 Å². The van der Waals surface area contributed by atoms with Crippen LogP contribution in [-0.4, -0.2) is 52.1 Å². The van der Waals surface area contributed by atoms with Crippen LogP contribution in [-0.2, 0) is 25.7 Å². The molecular formula is C23H34ClN3O5. The van der Waals surface area contributed by atoms with Crippen molar-refractivity contribution in [3.8, 4) is 0 Å². The van der Waals surface area contributed by atoms with Crippen LogP contribution in [0.1, 0.15) is 64.6 Å². The number of carbonyl (C=O) groups excluding carboxylic acids is 3. The Hall–Kier alpha value is -2.16. The molecule has 0 spiro atoms. The summed E-state index contributed by atoms with van der Waals surface area (Å²) >= 11 is 6.13. The minimum absolute atomic E-state index is 0.0799. The number of amides is 2. The monoisotopic (exact) mass is 467 g/mol. The standard InChI is InChI=1S/C23H34ClN3O5/c1-13(2)19(28)21(30)27-10-6-7-17(27)20(29)26-12-14-11-15(24)8-9-16(14)18(25)22(31)32-23(3,4)5/h8-9,11,13,17-19,28H,6-7,10,12,25H2,1-5H3,(H,26,29)/t17-,18?,19+/m0/s1. The van der Waals surface area contributed by atoms with Gasteiger partial charge >= 0.3 is 5.97 Å². The minimum atomic E-state index is -1.14. The number of halogens is 1. The van der Waals surface area contributed by atoms with Gasteiger partial charge in [-0.1, -0.05) is 31.5 Å². The van der Waals surface area contributed by atoms with Gasteiger partial charge in [-0.05, 0) is 62.8 Å². The van der Waals surface area contributed by atoms with E-state index in [1.807, 2.05) is 0 Å². The fourth-order valence-electron chi connectivity index (χ4n) is 3.58. The number of ether oxygens (including phenoxy) is 1. The molecule has 0 saturated carbocycles. The van der Waals surface area contributed by atoms with E-state index in [0.717, 1.165) is 0 Å². The Morgan fingerprint density at radius 1 is 1.31 bits per heavy atom. The van der Waals surface area contributed by atoms with E-state index in [2.05, 4.69) is 5.32 Å². The molecule has 1 fully saturated rings. The first-order chi connectivity index (χ1) is 14.8. The fourth-order valence-corrected chi connectivity index (χ4v) is 3.78. The molecule has 1 unspecified atom stereocenters. The number of nitrogens with two attached hydrogens (primary N) is 1. The van der Waals surface area contributed by atoms with Crippen molar-refractivity contribution in [3.05, 3.63) is 34.3 Å². The molecule has 1 aromatic rings. The van der Waals surface area contributed by atoms with Gasteiger partial charge in [-0.15, -0.1) is 0 Å². The molecule has 8 nitrogen and oxygen atoms in total. The van der Waals surface area contributed by atoms with E-state index in [1.165, 1.54) is 4.90 Å². The SMILES string of the molecule is CC(C)[C@@H](O)C(=O)N1CCC[C@H]1C(=O)NCc1cc(Cl)ccc1C(N)C(=O)OC(C)(C)C. The number of nitrogens with zero attached hydrogens (tertiary/aromatic N) is 1. The molecule has 2 rings (SSSR count). The molecule has 32 heavy (non-hydrogen) atoms. The largest absolute Gasteiger partial charge is 0.459 e. The van der Waals surface area contributed by atoms with E-state index in [1.54, 1.807) is 52.8 Å². The summed E-state index contributed by atoms with van der Waals surface area (Å²) in [5.41, 5.74) is 6.54. The predicted octanol–water partition coefficient (Wildman–Crippen LogP) is 2.31. The third-order valence-corrected chi connectivity index (χ3v) is 5.51. The maximum Gasteiger partial charge on any atom is 0.328 e. The lowest BCUT2D eigenvalue weighted by molar-refractivity contribution is -0.156. The molecule has 2 amide bonds. The average molecular weight is 468 g/mol. The van der Waals surface area contributed by atoms with Crippen LogP contribution in [0.15, 0.2) is 18.2 Å². The van der Waals surface area contributed by atoms with Crippen LogP contribution >= 0.6 is 11.6 Å². The highest BCUT2D eigenvalue weighted by atomic mass is 35.5. The summed E-state index contributed by atoms with van der Waals surface area (Å²) in [5, 5.41) is 13.4. The first-order valence-corrected chi connectivity index (χ1v) is 11.2. The smallest absolute Gasteiger partial charge is 0.328 e. The number of benzene rings is 1. The second-order valence-electron chi connectivity index (χ2n) is 9.45. The summed E-state index contributed by atoms with van der Waals surface area (Å²) in [6.45, 7) is 9.27. The first-order valence-electron chi connectivity index (χ1n) is 10.8. The van der Waals surface area contributed by atoms with Crippen LogP contribution in [0.5, 0.6) is 0 Å². The van der Waals surface area contributed by atoms with E-state index in [0.29, 0.717) is 35.5 Å². The Bertz CT molecular complexity index is 853.